The third-order valence-electron chi connectivity index (χ3n) is 12.8. The van der Waals surface area contributed by atoms with Crippen molar-refractivity contribution in [2.45, 2.75) is 0 Å². The SMILES string of the molecule is c1ccc(-c2ccc(N(c3ccc(-c4ccccc4)cc3)c3ccc4sc5ccc(-c6ccc7c(c6)c6ccccc6n7-c6cccc7c6oc6ccccc67)cc5c4c3)cc2)cc1. The minimum Gasteiger partial charge on any atom is -0.454 e. The van der Waals surface area contributed by atoms with Crippen molar-refractivity contribution in [3.8, 4) is 39.1 Å². The molecule has 0 aliphatic carbocycles. The van der Waals surface area contributed by atoms with Gasteiger partial charge in [0.1, 0.15) is 5.58 Å². The van der Waals surface area contributed by atoms with Crippen LogP contribution in [0, 0.1) is 0 Å². The first-order valence-electron chi connectivity index (χ1n) is 21.7. The van der Waals surface area contributed by atoms with Crippen LogP contribution in [0.5, 0.6) is 0 Å². The van der Waals surface area contributed by atoms with Crippen LogP contribution in [0.1, 0.15) is 0 Å². The van der Waals surface area contributed by atoms with Gasteiger partial charge >= 0.3 is 0 Å². The molecule has 13 rings (SSSR count). The number of hydrogen-bond acceptors (Lipinski definition) is 3. The third-order valence-corrected chi connectivity index (χ3v) is 14.0. The smallest absolute Gasteiger partial charge is 0.159 e. The number of benzene rings is 10. The summed E-state index contributed by atoms with van der Waals surface area (Å²) in [5.41, 5.74) is 15.7. The van der Waals surface area contributed by atoms with Crippen LogP contribution in [0.25, 0.3) is 103 Å². The van der Waals surface area contributed by atoms with Crippen LogP contribution in [-0.4, -0.2) is 4.57 Å². The maximum absolute atomic E-state index is 6.56. The molecule has 0 amide bonds. The maximum atomic E-state index is 6.56. The predicted molar refractivity (Wildman–Crippen MR) is 272 cm³/mol. The highest BCUT2D eigenvalue weighted by Gasteiger charge is 2.20. The lowest BCUT2D eigenvalue weighted by Crippen LogP contribution is -2.09. The Morgan fingerprint density at radius 3 is 1.53 bits per heavy atom. The average Bonchev–Trinajstić information content (AvgIpc) is 4.04. The normalized spacial score (nSPS) is 11.8. The number of para-hydroxylation sites is 3. The van der Waals surface area contributed by atoms with E-state index in [1.54, 1.807) is 0 Å². The highest BCUT2D eigenvalue weighted by atomic mass is 32.1. The van der Waals surface area contributed by atoms with E-state index in [1.807, 2.05) is 17.4 Å². The van der Waals surface area contributed by atoms with Gasteiger partial charge in [0.25, 0.3) is 0 Å². The monoisotopic (exact) mass is 834 g/mol. The van der Waals surface area contributed by atoms with Crippen LogP contribution in [0.2, 0.25) is 0 Å². The number of nitrogens with zero attached hydrogens (tertiary/aromatic N) is 2. The Morgan fingerprint density at radius 2 is 0.828 bits per heavy atom. The predicted octanol–water partition coefficient (Wildman–Crippen LogP) is 17.5. The van der Waals surface area contributed by atoms with Crippen molar-refractivity contribution in [3.63, 3.8) is 0 Å². The van der Waals surface area contributed by atoms with E-state index >= 15 is 0 Å². The van der Waals surface area contributed by atoms with Crippen molar-refractivity contribution in [2.75, 3.05) is 4.90 Å². The summed E-state index contributed by atoms with van der Waals surface area (Å²) in [4.78, 5) is 2.38. The summed E-state index contributed by atoms with van der Waals surface area (Å²) < 4.78 is 11.5. The van der Waals surface area contributed by atoms with E-state index < -0.39 is 0 Å². The zero-order valence-corrected chi connectivity index (χ0v) is 35.5. The molecule has 0 aliphatic heterocycles. The quantitative estimate of drug-likeness (QED) is 0.159. The molecular weight excluding hydrogens is 797 g/mol. The fraction of sp³-hybridized carbons (Fsp3) is 0. The highest BCUT2D eigenvalue weighted by Crippen LogP contribution is 2.44. The Balaban J connectivity index is 0.927. The second-order valence-electron chi connectivity index (χ2n) is 16.5. The van der Waals surface area contributed by atoms with Gasteiger partial charge in [-0.05, 0) is 118 Å². The maximum Gasteiger partial charge on any atom is 0.159 e. The second-order valence-corrected chi connectivity index (χ2v) is 17.6. The van der Waals surface area contributed by atoms with Gasteiger partial charge in [-0.2, -0.15) is 0 Å². The molecule has 4 heteroatoms. The first-order chi connectivity index (χ1) is 31.7. The van der Waals surface area contributed by atoms with Gasteiger partial charge in [-0.25, -0.2) is 0 Å². The van der Waals surface area contributed by atoms with Crippen LogP contribution < -0.4 is 4.90 Å². The topological polar surface area (TPSA) is 21.3 Å². The molecule has 300 valence electrons. The summed E-state index contributed by atoms with van der Waals surface area (Å²) in [7, 11) is 0. The molecule has 64 heavy (non-hydrogen) atoms. The second kappa shape index (κ2) is 14.7. The Hall–Kier alpha value is -8.18. The first kappa shape index (κ1) is 36.5. The minimum absolute atomic E-state index is 0.900. The fourth-order valence-electron chi connectivity index (χ4n) is 9.72. The Bertz CT molecular complexity index is 3800. The van der Waals surface area contributed by atoms with E-state index in [9.17, 15) is 0 Å². The molecule has 0 aliphatic rings. The lowest BCUT2D eigenvalue weighted by atomic mass is 10.0. The van der Waals surface area contributed by atoms with Gasteiger partial charge in [0.05, 0.1) is 16.7 Å². The lowest BCUT2D eigenvalue weighted by molar-refractivity contribution is 0.666. The van der Waals surface area contributed by atoms with Crippen molar-refractivity contribution >= 4 is 92.3 Å². The molecule has 0 spiro atoms. The summed E-state index contributed by atoms with van der Waals surface area (Å²) in [5, 5.41) is 7.20. The van der Waals surface area contributed by atoms with E-state index in [-0.39, 0.29) is 0 Å². The molecule has 13 aromatic rings. The zero-order valence-electron chi connectivity index (χ0n) is 34.7. The molecule has 10 aromatic carbocycles. The standard InChI is InChI=1S/C60H38N2OS/c1-3-12-39(13-4-1)41-22-28-45(29-23-41)61(46-30-24-42(25-31-46)40-14-5-2-6-15-40)47-32-35-59-53(38-47)52-37-44(27-34-58(52)64-59)43-26-33-55-51(36-43)48-16-7-9-19-54(48)62(55)56-20-11-18-50-49-17-8-10-21-57(49)63-60(50)56/h1-38H. The van der Waals surface area contributed by atoms with Gasteiger partial charge in [0.2, 0.25) is 0 Å². The number of aromatic nitrogens is 1. The Kier molecular flexibility index (Phi) is 8.40. The van der Waals surface area contributed by atoms with E-state index in [2.05, 4.69) is 234 Å². The summed E-state index contributed by atoms with van der Waals surface area (Å²) in [5.74, 6) is 0. The van der Waals surface area contributed by atoms with Crippen LogP contribution in [-0.2, 0) is 0 Å². The van der Waals surface area contributed by atoms with Crippen molar-refractivity contribution in [1.29, 1.82) is 0 Å². The molecule has 0 saturated carbocycles. The van der Waals surface area contributed by atoms with Gasteiger partial charge in [0.15, 0.2) is 5.58 Å². The molecule has 0 saturated heterocycles. The van der Waals surface area contributed by atoms with Gasteiger partial charge in [-0.15, -0.1) is 11.3 Å². The molecule has 0 N–H and O–H groups in total. The summed E-state index contributed by atoms with van der Waals surface area (Å²) in [6, 6.07) is 83.4. The summed E-state index contributed by atoms with van der Waals surface area (Å²) >= 11 is 1.85. The van der Waals surface area contributed by atoms with Crippen LogP contribution >= 0.6 is 11.3 Å². The summed E-state index contributed by atoms with van der Waals surface area (Å²) in [6.45, 7) is 0. The van der Waals surface area contributed by atoms with E-state index in [4.69, 9.17) is 4.42 Å². The van der Waals surface area contributed by atoms with Crippen molar-refractivity contribution in [3.05, 3.63) is 231 Å². The molecule has 0 bridgehead atoms. The number of furan rings is 1. The van der Waals surface area contributed by atoms with Crippen LogP contribution in [0.4, 0.5) is 17.1 Å². The van der Waals surface area contributed by atoms with E-state index in [1.165, 1.54) is 64.3 Å². The molecule has 0 unspecified atom stereocenters. The Morgan fingerprint density at radius 1 is 0.328 bits per heavy atom. The Labute approximate surface area is 373 Å². The molecular formula is C60H38N2OS. The van der Waals surface area contributed by atoms with Crippen LogP contribution in [0.15, 0.2) is 235 Å². The largest absolute Gasteiger partial charge is 0.454 e. The number of hydrogen-bond donors (Lipinski definition) is 0. The molecule has 0 atom stereocenters. The number of anilines is 3. The fourth-order valence-corrected chi connectivity index (χ4v) is 10.8. The van der Waals surface area contributed by atoms with Crippen molar-refractivity contribution in [2.24, 2.45) is 0 Å². The number of thiophene rings is 1. The summed E-state index contributed by atoms with van der Waals surface area (Å²) in [6.07, 6.45) is 0. The van der Waals surface area contributed by atoms with Gasteiger partial charge < -0.3 is 13.9 Å². The first-order valence-corrected chi connectivity index (χ1v) is 22.6. The average molecular weight is 835 g/mol. The minimum atomic E-state index is 0.900. The third kappa shape index (κ3) is 5.95. The van der Waals surface area contributed by atoms with Crippen LogP contribution in [0.3, 0.4) is 0 Å². The zero-order chi connectivity index (χ0) is 42.1. The van der Waals surface area contributed by atoms with Crippen molar-refractivity contribution < 1.29 is 4.42 Å². The van der Waals surface area contributed by atoms with Gasteiger partial charge in [-0.1, -0.05) is 146 Å². The van der Waals surface area contributed by atoms with Crippen molar-refractivity contribution in [1.82, 2.24) is 4.57 Å². The van der Waals surface area contributed by atoms with Gasteiger partial charge in [-0.3, -0.25) is 0 Å². The lowest BCUT2D eigenvalue weighted by Gasteiger charge is -2.26. The van der Waals surface area contributed by atoms with E-state index in [0.29, 0.717) is 0 Å². The molecule has 3 heterocycles. The number of fused-ring (bicyclic) bond motifs is 9. The molecule has 0 radical (unpaired) electrons. The number of rotatable bonds is 7. The van der Waals surface area contributed by atoms with E-state index in [0.717, 1.165) is 55.7 Å². The van der Waals surface area contributed by atoms with Gasteiger partial charge in [0, 0.05) is 58.8 Å². The highest BCUT2D eigenvalue weighted by molar-refractivity contribution is 7.25. The molecule has 3 nitrogen and oxygen atoms in total. The molecule has 3 aromatic heterocycles. The molecule has 0 fully saturated rings.